The van der Waals surface area contributed by atoms with Crippen LogP contribution in [0.4, 0.5) is 8.78 Å². The fourth-order valence-electron chi connectivity index (χ4n) is 1.54. The van der Waals surface area contributed by atoms with Crippen molar-refractivity contribution in [2.45, 2.75) is 0 Å². The van der Waals surface area contributed by atoms with Crippen LogP contribution < -0.4 is 0 Å². The molecule has 20 heavy (non-hydrogen) atoms. The summed E-state index contributed by atoms with van der Waals surface area (Å²) in [4.78, 5) is 11.8. The molecular weight excluding hydrogens is 330 g/mol. The molecule has 0 fully saturated rings. The van der Waals surface area contributed by atoms with Crippen LogP contribution >= 0.6 is 15.9 Å². The molecule has 2 aromatic carbocycles. The van der Waals surface area contributed by atoms with Gasteiger partial charge >= 0.3 is 0 Å². The van der Waals surface area contributed by atoms with Gasteiger partial charge in [-0.05, 0) is 57.9 Å². The Labute approximate surface area is 122 Å². The number of hydrogen-bond acceptors (Lipinski definition) is 2. The summed E-state index contributed by atoms with van der Waals surface area (Å²) in [5, 5.41) is 9.34. The zero-order chi connectivity index (χ0) is 14.7. The molecule has 0 saturated heterocycles. The third kappa shape index (κ3) is 3.30. The number of phenols is 1. The van der Waals surface area contributed by atoms with Crippen molar-refractivity contribution in [3.8, 4) is 5.75 Å². The first-order valence-electron chi connectivity index (χ1n) is 5.63. The molecule has 0 unspecified atom stereocenters. The molecule has 0 atom stereocenters. The van der Waals surface area contributed by atoms with Gasteiger partial charge in [0, 0.05) is 5.56 Å². The Bertz CT molecular complexity index is 696. The van der Waals surface area contributed by atoms with E-state index in [9.17, 15) is 18.7 Å². The van der Waals surface area contributed by atoms with E-state index in [1.54, 1.807) is 12.1 Å². The molecule has 0 spiro atoms. The molecular formula is C15H9BrF2O2. The van der Waals surface area contributed by atoms with Gasteiger partial charge in [-0.25, -0.2) is 8.78 Å². The average molecular weight is 339 g/mol. The Morgan fingerprint density at radius 3 is 2.50 bits per heavy atom. The maximum atomic E-state index is 13.0. The van der Waals surface area contributed by atoms with E-state index in [4.69, 9.17) is 0 Å². The third-order valence-corrected chi connectivity index (χ3v) is 3.24. The van der Waals surface area contributed by atoms with Crippen LogP contribution in [0.25, 0.3) is 6.08 Å². The summed E-state index contributed by atoms with van der Waals surface area (Å²) in [6, 6.07) is 7.71. The van der Waals surface area contributed by atoms with Crippen LogP contribution in [0.3, 0.4) is 0 Å². The second-order valence-electron chi connectivity index (χ2n) is 4.04. The minimum Gasteiger partial charge on any atom is -0.507 e. The molecule has 0 aromatic heterocycles. The number of ketones is 1. The number of benzene rings is 2. The first-order valence-corrected chi connectivity index (χ1v) is 6.42. The van der Waals surface area contributed by atoms with Gasteiger partial charge in [0.25, 0.3) is 0 Å². The highest BCUT2D eigenvalue weighted by molar-refractivity contribution is 9.10. The number of rotatable bonds is 3. The Kier molecular flexibility index (Phi) is 4.29. The lowest BCUT2D eigenvalue weighted by atomic mass is 10.1. The van der Waals surface area contributed by atoms with Crippen molar-refractivity contribution in [2.24, 2.45) is 0 Å². The minimum atomic E-state index is -1.06. The van der Waals surface area contributed by atoms with Crippen LogP contribution in [0.2, 0.25) is 0 Å². The predicted octanol–water partition coefficient (Wildman–Crippen LogP) is 4.33. The van der Waals surface area contributed by atoms with Crippen molar-refractivity contribution in [3.63, 3.8) is 0 Å². The average Bonchev–Trinajstić information content (AvgIpc) is 2.43. The molecule has 0 aliphatic rings. The monoisotopic (exact) mass is 338 g/mol. The number of carbonyl (C=O) groups excluding carboxylic acids is 1. The second kappa shape index (κ2) is 5.96. The van der Waals surface area contributed by atoms with Crippen molar-refractivity contribution >= 4 is 27.8 Å². The summed E-state index contributed by atoms with van der Waals surface area (Å²) in [5.41, 5.74) is 0.753. The van der Waals surface area contributed by atoms with Crippen LogP contribution in [0, 0.1) is 11.6 Å². The van der Waals surface area contributed by atoms with Gasteiger partial charge in [-0.3, -0.25) is 4.79 Å². The summed E-state index contributed by atoms with van der Waals surface area (Å²) in [6.45, 7) is 0. The number of phenolic OH excluding ortho intramolecular Hbond substituents is 1. The highest BCUT2D eigenvalue weighted by Crippen LogP contribution is 2.24. The van der Waals surface area contributed by atoms with E-state index in [1.807, 2.05) is 0 Å². The van der Waals surface area contributed by atoms with Crippen LogP contribution in [0.15, 0.2) is 46.9 Å². The zero-order valence-corrected chi connectivity index (χ0v) is 11.7. The van der Waals surface area contributed by atoms with E-state index in [2.05, 4.69) is 15.9 Å². The fourth-order valence-corrected chi connectivity index (χ4v) is 1.94. The Balaban J connectivity index is 2.19. The molecule has 0 heterocycles. The lowest BCUT2D eigenvalue weighted by molar-refractivity contribution is 0.104. The van der Waals surface area contributed by atoms with E-state index < -0.39 is 17.4 Å². The first kappa shape index (κ1) is 14.4. The van der Waals surface area contributed by atoms with E-state index in [1.165, 1.54) is 24.3 Å². The number of hydrogen-bond donors (Lipinski definition) is 1. The molecule has 2 rings (SSSR count). The summed E-state index contributed by atoms with van der Waals surface area (Å²) in [5.74, 6) is -2.40. The molecule has 102 valence electrons. The molecule has 2 aromatic rings. The van der Waals surface area contributed by atoms with Gasteiger partial charge in [-0.2, -0.15) is 0 Å². The summed E-state index contributed by atoms with van der Waals surface area (Å²) in [7, 11) is 0. The van der Waals surface area contributed by atoms with Gasteiger partial charge < -0.3 is 5.11 Å². The van der Waals surface area contributed by atoms with Crippen molar-refractivity contribution < 1.29 is 18.7 Å². The first-order chi connectivity index (χ1) is 9.47. The molecule has 0 aliphatic heterocycles. The van der Waals surface area contributed by atoms with E-state index in [0.717, 1.165) is 12.1 Å². The maximum absolute atomic E-state index is 13.0. The SMILES string of the molecule is O=C(/C=C/c1ccc(O)c(Br)c1)c1ccc(F)c(F)c1. The zero-order valence-electron chi connectivity index (χ0n) is 10.1. The quantitative estimate of drug-likeness (QED) is 0.668. The van der Waals surface area contributed by atoms with Gasteiger partial charge in [-0.1, -0.05) is 12.1 Å². The normalized spacial score (nSPS) is 10.9. The van der Waals surface area contributed by atoms with Crippen LogP contribution in [0.1, 0.15) is 15.9 Å². The van der Waals surface area contributed by atoms with Crippen molar-refractivity contribution in [2.75, 3.05) is 0 Å². The van der Waals surface area contributed by atoms with E-state index in [0.29, 0.717) is 10.0 Å². The van der Waals surface area contributed by atoms with Crippen LogP contribution in [-0.4, -0.2) is 10.9 Å². The fraction of sp³-hybridized carbons (Fsp3) is 0. The minimum absolute atomic E-state index is 0.0676. The number of halogens is 3. The molecule has 0 radical (unpaired) electrons. The van der Waals surface area contributed by atoms with Crippen molar-refractivity contribution in [1.29, 1.82) is 0 Å². The lowest BCUT2D eigenvalue weighted by Gasteiger charge is -1.99. The number of aromatic hydroxyl groups is 1. The highest BCUT2D eigenvalue weighted by atomic mass is 79.9. The van der Waals surface area contributed by atoms with Crippen molar-refractivity contribution in [1.82, 2.24) is 0 Å². The number of carbonyl (C=O) groups is 1. The summed E-state index contributed by atoms with van der Waals surface area (Å²) in [6.07, 6.45) is 2.78. The van der Waals surface area contributed by atoms with E-state index in [-0.39, 0.29) is 11.3 Å². The maximum Gasteiger partial charge on any atom is 0.185 e. The van der Waals surface area contributed by atoms with E-state index >= 15 is 0 Å². The Morgan fingerprint density at radius 1 is 1.10 bits per heavy atom. The topological polar surface area (TPSA) is 37.3 Å². The molecule has 0 aliphatic carbocycles. The summed E-state index contributed by atoms with van der Waals surface area (Å²) >= 11 is 3.16. The van der Waals surface area contributed by atoms with Gasteiger partial charge in [0.05, 0.1) is 4.47 Å². The molecule has 5 heteroatoms. The van der Waals surface area contributed by atoms with Crippen LogP contribution in [0.5, 0.6) is 5.75 Å². The smallest absolute Gasteiger partial charge is 0.185 e. The molecule has 0 saturated carbocycles. The molecule has 0 bridgehead atoms. The Hall–Kier alpha value is -2.01. The molecule has 2 nitrogen and oxygen atoms in total. The molecule has 0 amide bonds. The van der Waals surface area contributed by atoms with Gasteiger partial charge in [0.15, 0.2) is 17.4 Å². The van der Waals surface area contributed by atoms with Gasteiger partial charge in [0.2, 0.25) is 0 Å². The van der Waals surface area contributed by atoms with Gasteiger partial charge in [-0.15, -0.1) is 0 Å². The van der Waals surface area contributed by atoms with Crippen molar-refractivity contribution in [3.05, 3.63) is 69.7 Å². The lowest BCUT2D eigenvalue weighted by Crippen LogP contribution is -1.96. The molecule has 1 N–H and O–H groups in total. The predicted molar refractivity (Wildman–Crippen MR) is 75.5 cm³/mol. The highest BCUT2D eigenvalue weighted by Gasteiger charge is 2.07. The second-order valence-corrected chi connectivity index (χ2v) is 4.89. The third-order valence-electron chi connectivity index (χ3n) is 2.60. The largest absolute Gasteiger partial charge is 0.507 e. The Morgan fingerprint density at radius 2 is 1.85 bits per heavy atom. The summed E-state index contributed by atoms with van der Waals surface area (Å²) < 4.78 is 26.3. The van der Waals surface area contributed by atoms with Gasteiger partial charge in [0.1, 0.15) is 5.75 Å². The standard InChI is InChI=1S/C15H9BrF2O2/c16-11-7-9(2-6-15(11)20)1-5-14(19)10-3-4-12(17)13(18)8-10/h1-8,20H/b5-1+. The van der Waals surface area contributed by atoms with Crippen LogP contribution in [-0.2, 0) is 0 Å². The number of allylic oxidation sites excluding steroid dienone is 1.